The summed E-state index contributed by atoms with van der Waals surface area (Å²) in [5.74, 6) is -0.318. The Morgan fingerprint density at radius 2 is 1.79 bits per heavy atom. The number of nitrogens with zero attached hydrogens (tertiary/aromatic N) is 1. The molecule has 0 aromatic heterocycles. The van der Waals surface area contributed by atoms with Crippen molar-refractivity contribution in [1.82, 2.24) is 9.62 Å². The van der Waals surface area contributed by atoms with E-state index in [1.165, 1.54) is 34.4 Å². The van der Waals surface area contributed by atoms with Crippen molar-refractivity contribution in [2.75, 3.05) is 28.3 Å². The monoisotopic (exact) mass is 410 g/mol. The summed E-state index contributed by atoms with van der Waals surface area (Å²) < 4.78 is 49.9. The van der Waals surface area contributed by atoms with Crippen molar-refractivity contribution in [3.8, 4) is 11.5 Å². The summed E-state index contributed by atoms with van der Waals surface area (Å²) in [4.78, 5) is 12.1. The maximum absolute atomic E-state index is 14.0. The van der Waals surface area contributed by atoms with Gasteiger partial charge in [0.2, 0.25) is 10.0 Å². The number of carbonyl (C=O) groups is 1. The lowest BCUT2D eigenvalue weighted by atomic mass is 10.1. The average molecular weight is 410 g/mol. The molecule has 1 atom stereocenters. The fourth-order valence-corrected chi connectivity index (χ4v) is 3.56. The number of amides is 1. The van der Waals surface area contributed by atoms with Crippen LogP contribution in [-0.2, 0) is 10.0 Å². The number of carbonyl (C=O) groups excluding carboxylic acids is 1. The van der Waals surface area contributed by atoms with Crippen molar-refractivity contribution in [1.29, 1.82) is 0 Å². The zero-order valence-electron chi connectivity index (χ0n) is 16.3. The second kappa shape index (κ2) is 8.57. The van der Waals surface area contributed by atoms with E-state index in [0.29, 0.717) is 17.1 Å². The molecule has 1 N–H and O–H groups in total. The number of ether oxygens (including phenoxy) is 2. The van der Waals surface area contributed by atoms with Gasteiger partial charge < -0.3 is 14.8 Å². The van der Waals surface area contributed by atoms with Gasteiger partial charge >= 0.3 is 0 Å². The van der Waals surface area contributed by atoms with Crippen LogP contribution in [-0.4, -0.2) is 46.9 Å². The van der Waals surface area contributed by atoms with Crippen LogP contribution in [0.4, 0.5) is 4.39 Å². The van der Waals surface area contributed by atoms with E-state index in [0.717, 1.165) is 16.4 Å². The van der Waals surface area contributed by atoms with Crippen LogP contribution in [0.15, 0.2) is 41.3 Å². The molecule has 0 aliphatic rings. The van der Waals surface area contributed by atoms with E-state index in [1.54, 1.807) is 25.1 Å². The van der Waals surface area contributed by atoms with Crippen LogP contribution in [0.3, 0.4) is 0 Å². The van der Waals surface area contributed by atoms with Gasteiger partial charge in [-0.2, -0.15) is 0 Å². The maximum Gasteiger partial charge on any atom is 0.251 e. The zero-order valence-corrected chi connectivity index (χ0v) is 17.1. The SMILES string of the molecule is COc1ccc(OC)c(C(C)NC(=O)c2ccc(F)c(S(=O)(=O)N(C)C)c2)c1. The second-order valence-corrected chi connectivity index (χ2v) is 8.36. The quantitative estimate of drug-likeness (QED) is 0.758. The molecule has 1 unspecified atom stereocenters. The van der Waals surface area contributed by atoms with Crippen molar-refractivity contribution in [2.24, 2.45) is 0 Å². The van der Waals surface area contributed by atoms with E-state index in [2.05, 4.69) is 5.32 Å². The summed E-state index contributed by atoms with van der Waals surface area (Å²) in [6.45, 7) is 1.75. The summed E-state index contributed by atoms with van der Waals surface area (Å²) in [6, 6.07) is 7.92. The van der Waals surface area contributed by atoms with Gasteiger partial charge in [0.1, 0.15) is 22.2 Å². The summed E-state index contributed by atoms with van der Waals surface area (Å²) in [6.07, 6.45) is 0. The molecule has 28 heavy (non-hydrogen) atoms. The predicted octanol–water partition coefficient (Wildman–Crippen LogP) is 2.58. The van der Waals surface area contributed by atoms with Gasteiger partial charge in [0.05, 0.1) is 20.3 Å². The first-order valence-corrected chi connectivity index (χ1v) is 9.80. The molecule has 1 amide bonds. The number of hydrogen-bond acceptors (Lipinski definition) is 5. The maximum atomic E-state index is 14.0. The first-order valence-electron chi connectivity index (χ1n) is 8.36. The summed E-state index contributed by atoms with van der Waals surface area (Å²) in [5, 5.41) is 2.76. The molecule has 0 spiro atoms. The van der Waals surface area contributed by atoms with Crippen molar-refractivity contribution >= 4 is 15.9 Å². The van der Waals surface area contributed by atoms with E-state index in [9.17, 15) is 17.6 Å². The van der Waals surface area contributed by atoms with Gasteiger partial charge in [-0.05, 0) is 43.3 Å². The fraction of sp³-hybridized carbons (Fsp3) is 0.316. The number of methoxy groups -OCH3 is 2. The molecule has 0 saturated heterocycles. The molecule has 9 heteroatoms. The average Bonchev–Trinajstić information content (AvgIpc) is 2.67. The van der Waals surface area contributed by atoms with E-state index < -0.39 is 32.7 Å². The lowest BCUT2D eigenvalue weighted by molar-refractivity contribution is 0.0939. The van der Waals surface area contributed by atoms with Crippen molar-refractivity contribution < 1.29 is 27.1 Å². The number of hydrogen-bond donors (Lipinski definition) is 1. The summed E-state index contributed by atoms with van der Waals surface area (Å²) in [5.41, 5.74) is 0.703. The second-order valence-electron chi connectivity index (χ2n) is 6.24. The van der Waals surface area contributed by atoms with Crippen LogP contribution >= 0.6 is 0 Å². The van der Waals surface area contributed by atoms with Crippen LogP contribution < -0.4 is 14.8 Å². The standard InChI is InChI=1S/C19H23FN2O5S/c1-12(15-11-14(26-4)7-9-17(15)27-5)21-19(23)13-6-8-16(20)18(10-13)28(24,25)22(2)3/h6-12H,1-5H3,(H,21,23). The zero-order chi connectivity index (χ0) is 21.1. The van der Waals surface area contributed by atoms with Crippen molar-refractivity contribution in [3.63, 3.8) is 0 Å². The number of nitrogens with one attached hydrogen (secondary N) is 1. The highest BCUT2D eigenvalue weighted by atomic mass is 32.2. The minimum Gasteiger partial charge on any atom is -0.497 e. The van der Waals surface area contributed by atoms with Crippen LogP contribution in [0.1, 0.15) is 28.9 Å². The van der Waals surface area contributed by atoms with Gasteiger partial charge in [0, 0.05) is 25.2 Å². The molecule has 0 bridgehead atoms. The fourth-order valence-electron chi connectivity index (χ4n) is 2.57. The first kappa shape index (κ1) is 21.6. The third kappa shape index (κ3) is 4.42. The predicted molar refractivity (Wildman–Crippen MR) is 103 cm³/mol. The van der Waals surface area contributed by atoms with E-state index in [4.69, 9.17) is 9.47 Å². The van der Waals surface area contributed by atoms with Gasteiger partial charge in [0.15, 0.2) is 0 Å². The Balaban J connectivity index is 2.33. The van der Waals surface area contributed by atoms with Crippen LogP contribution in [0, 0.1) is 5.82 Å². The lowest BCUT2D eigenvalue weighted by Crippen LogP contribution is -2.28. The molecule has 2 aromatic carbocycles. The van der Waals surface area contributed by atoms with Gasteiger partial charge in [0.25, 0.3) is 5.91 Å². The Morgan fingerprint density at radius 1 is 1.11 bits per heavy atom. The molecule has 0 saturated carbocycles. The molecule has 0 fully saturated rings. The Morgan fingerprint density at radius 3 is 2.36 bits per heavy atom. The largest absolute Gasteiger partial charge is 0.497 e. The minimum absolute atomic E-state index is 0.0236. The summed E-state index contributed by atoms with van der Waals surface area (Å²) in [7, 11) is 1.60. The van der Waals surface area contributed by atoms with Gasteiger partial charge in [-0.1, -0.05) is 0 Å². The molecular formula is C19H23FN2O5S. The normalized spacial score (nSPS) is 12.5. The van der Waals surface area contributed by atoms with E-state index in [-0.39, 0.29) is 5.56 Å². The highest BCUT2D eigenvalue weighted by Gasteiger charge is 2.24. The smallest absolute Gasteiger partial charge is 0.251 e. The Kier molecular flexibility index (Phi) is 6.63. The van der Waals surface area contributed by atoms with Crippen molar-refractivity contribution in [2.45, 2.75) is 17.9 Å². The van der Waals surface area contributed by atoms with E-state index >= 15 is 0 Å². The Labute approximate surface area is 164 Å². The molecule has 2 aromatic rings. The first-order chi connectivity index (χ1) is 13.1. The third-order valence-corrected chi connectivity index (χ3v) is 6.03. The molecule has 0 aliphatic heterocycles. The topological polar surface area (TPSA) is 84.9 Å². The summed E-state index contributed by atoms with van der Waals surface area (Å²) >= 11 is 0. The van der Waals surface area contributed by atoms with Gasteiger partial charge in [-0.25, -0.2) is 17.1 Å². The van der Waals surface area contributed by atoms with E-state index in [1.807, 2.05) is 0 Å². The van der Waals surface area contributed by atoms with Crippen LogP contribution in [0.2, 0.25) is 0 Å². The minimum atomic E-state index is -4.02. The molecule has 0 aliphatic carbocycles. The number of benzene rings is 2. The van der Waals surface area contributed by atoms with Gasteiger partial charge in [-0.3, -0.25) is 4.79 Å². The molecule has 7 nitrogen and oxygen atoms in total. The number of halogens is 1. The van der Waals surface area contributed by atoms with Gasteiger partial charge in [-0.15, -0.1) is 0 Å². The van der Waals surface area contributed by atoms with Crippen molar-refractivity contribution in [3.05, 3.63) is 53.3 Å². The molecule has 0 heterocycles. The van der Waals surface area contributed by atoms with Crippen LogP contribution in [0.5, 0.6) is 11.5 Å². The number of rotatable bonds is 7. The Hall–Kier alpha value is -2.65. The molecular weight excluding hydrogens is 387 g/mol. The highest BCUT2D eigenvalue weighted by molar-refractivity contribution is 7.89. The Bertz CT molecular complexity index is 976. The molecule has 0 radical (unpaired) electrons. The molecule has 152 valence electrons. The third-order valence-electron chi connectivity index (χ3n) is 4.20. The lowest BCUT2D eigenvalue weighted by Gasteiger charge is -2.19. The highest BCUT2D eigenvalue weighted by Crippen LogP contribution is 2.29. The van der Waals surface area contributed by atoms with Crippen LogP contribution in [0.25, 0.3) is 0 Å². The molecule has 2 rings (SSSR count). The number of sulfonamides is 1.